The van der Waals surface area contributed by atoms with Gasteiger partial charge in [-0.25, -0.2) is 4.79 Å². The Balaban J connectivity index is 1.84. The number of benzene rings is 1. The fourth-order valence-corrected chi connectivity index (χ4v) is 2.22. The predicted octanol–water partition coefficient (Wildman–Crippen LogP) is 0.442. The Morgan fingerprint density at radius 3 is 2.82 bits per heavy atom. The van der Waals surface area contributed by atoms with E-state index >= 15 is 0 Å². The molecular weight excluding hydrogens is 286 g/mol. The van der Waals surface area contributed by atoms with Gasteiger partial charge >= 0.3 is 5.69 Å². The minimum absolute atomic E-state index is 0.0922. The molecule has 0 aliphatic rings. The summed E-state index contributed by atoms with van der Waals surface area (Å²) in [5, 5.41) is 9.38. The van der Waals surface area contributed by atoms with Crippen molar-refractivity contribution in [2.75, 3.05) is 5.32 Å². The SMILES string of the molecule is O=C(CCn1c(=O)[nH]c(=O)c2ccccc21)Nc1ccn[nH]1. The molecule has 2 heterocycles. The number of amides is 1. The van der Waals surface area contributed by atoms with E-state index in [-0.39, 0.29) is 18.9 Å². The fraction of sp³-hybridized carbons (Fsp3) is 0.143. The van der Waals surface area contributed by atoms with Crippen molar-refractivity contribution in [3.8, 4) is 0 Å². The lowest BCUT2D eigenvalue weighted by molar-refractivity contribution is -0.116. The standard InChI is InChI=1S/C14H13N5O3/c20-12(16-11-5-7-15-18-11)6-8-19-10-4-2-1-3-9(10)13(21)17-14(19)22/h1-5,7H,6,8H2,(H,17,21,22)(H2,15,16,18,20). The Kier molecular flexibility index (Phi) is 3.57. The Bertz CT molecular complexity index is 924. The molecule has 2 aromatic heterocycles. The van der Waals surface area contributed by atoms with E-state index < -0.39 is 11.2 Å². The average molecular weight is 299 g/mol. The normalized spacial score (nSPS) is 10.7. The summed E-state index contributed by atoms with van der Waals surface area (Å²) in [7, 11) is 0. The zero-order valence-electron chi connectivity index (χ0n) is 11.5. The van der Waals surface area contributed by atoms with Crippen LogP contribution in [0.1, 0.15) is 6.42 Å². The largest absolute Gasteiger partial charge is 0.328 e. The topological polar surface area (TPSA) is 113 Å². The first kappa shape index (κ1) is 13.8. The van der Waals surface area contributed by atoms with E-state index in [2.05, 4.69) is 20.5 Å². The number of hydrogen-bond acceptors (Lipinski definition) is 4. The zero-order chi connectivity index (χ0) is 15.5. The lowest BCUT2D eigenvalue weighted by atomic mass is 10.2. The van der Waals surface area contributed by atoms with Gasteiger partial charge in [-0.2, -0.15) is 5.10 Å². The minimum Gasteiger partial charge on any atom is -0.311 e. The number of aryl methyl sites for hydroxylation is 1. The van der Waals surface area contributed by atoms with Crippen molar-refractivity contribution in [1.82, 2.24) is 19.7 Å². The maximum absolute atomic E-state index is 11.9. The molecule has 1 aromatic carbocycles. The van der Waals surface area contributed by atoms with Crippen LogP contribution in [0.2, 0.25) is 0 Å². The van der Waals surface area contributed by atoms with Crippen LogP contribution in [0.5, 0.6) is 0 Å². The Hall–Kier alpha value is -3.16. The van der Waals surface area contributed by atoms with Gasteiger partial charge in [0, 0.05) is 19.0 Å². The van der Waals surface area contributed by atoms with Crippen LogP contribution in [0, 0.1) is 0 Å². The molecule has 0 aliphatic heterocycles. The number of hydrogen-bond donors (Lipinski definition) is 3. The number of aromatic amines is 2. The highest BCUT2D eigenvalue weighted by Crippen LogP contribution is 2.07. The van der Waals surface area contributed by atoms with Gasteiger partial charge in [0.15, 0.2) is 0 Å². The molecule has 3 rings (SSSR count). The first-order valence-electron chi connectivity index (χ1n) is 6.66. The number of rotatable bonds is 4. The summed E-state index contributed by atoms with van der Waals surface area (Å²) in [5.74, 6) is 0.232. The molecule has 0 unspecified atom stereocenters. The predicted molar refractivity (Wildman–Crippen MR) is 80.7 cm³/mol. The second kappa shape index (κ2) is 5.68. The number of nitrogens with one attached hydrogen (secondary N) is 3. The first-order valence-corrected chi connectivity index (χ1v) is 6.66. The van der Waals surface area contributed by atoms with Crippen LogP contribution in [0.15, 0.2) is 46.1 Å². The van der Waals surface area contributed by atoms with Crippen molar-refractivity contribution in [1.29, 1.82) is 0 Å². The highest BCUT2D eigenvalue weighted by molar-refractivity contribution is 5.89. The van der Waals surface area contributed by atoms with Gasteiger partial charge in [0.25, 0.3) is 5.56 Å². The lowest BCUT2D eigenvalue weighted by Gasteiger charge is -2.09. The van der Waals surface area contributed by atoms with Gasteiger partial charge in [0.05, 0.1) is 17.1 Å². The summed E-state index contributed by atoms with van der Waals surface area (Å²) in [6, 6.07) is 8.40. The van der Waals surface area contributed by atoms with Gasteiger partial charge in [0.1, 0.15) is 5.82 Å². The number of aromatic nitrogens is 4. The number of H-pyrrole nitrogens is 2. The van der Waals surface area contributed by atoms with E-state index in [9.17, 15) is 14.4 Å². The number of fused-ring (bicyclic) bond motifs is 1. The summed E-state index contributed by atoms with van der Waals surface area (Å²) < 4.78 is 1.38. The lowest BCUT2D eigenvalue weighted by Crippen LogP contribution is -2.31. The quantitative estimate of drug-likeness (QED) is 0.648. The molecule has 0 atom stereocenters. The number of carbonyl (C=O) groups is 1. The molecule has 22 heavy (non-hydrogen) atoms. The highest BCUT2D eigenvalue weighted by Gasteiger charge is 2.09. The number of carbonyl (C=O) groups excluding carboxylic acids is 1. The van der Waals surface area contributed by atoms with Crippen molar-refractivity contribution in [2.24, 2.45) is 0 Å². The van der Waals surface area contributed by atoms with Crippen molar-refractivity contribution >= 4 is 22.6 Å². The van der Waals surface area contributed by atoms with E-state index in [0.717, 1.165) is 0 Å². The van der Waals surface area contributed by atoms with Crippen molar-refractivity contribution < 1.29 is 4.79 Å². The number of para-hydroxylation sites is 1. The van der Waals surface area contributed by atoms with Crippen LogP contribution in [0.25, 0.3) is 10.9 Å². The van der Waals surface area contributed by atoms with Gasteiger partial charge in [-0.05, 0) is 12.1 Å². The van der Waals surface area contributed by atoms with E-state index in [1.807, 2.05) is 0 Å². The summed E-state index contributed by atoms with van der Waals surface area (Å²) in [6.45, 7) is 0.163. The molecule has 0 bridgehead atoms. The van der Waals surface area contributed by atoms with Crippen LogP contribution >= 0.6 is 0 Å². The van der Waals surface area contributed by atoms with E-state index in [1.165, 1.54) is 10.8 Å². The van der Waals surface area contributed by atoms with Crippen LogP contribution in [0.4, 0.5) is 5.82 Å². The summed E-state index contributed by atoms with van der Waals surface area (Å²) in [4.78, 5) is 37.8. The summed E-state index contributed by atoms with van der Waals surface area (Å²) in [6.07, 6.45) is 1.62. The molecule has 0 fully saturated rings. The Morgan fingerprint density at radius 1 is 1.23 bits per heavy atom. The average Bonchev–Trinajstić information content (AvgIpc) is 3.00. The van der Waals surface area contributed by atoms with E-state index in [0.29, 0.717) is 16.7 Å². The molecule has 0 spiro atoms. The van der Waals surface area contributed by atoms with E-state index in [1.54, 1.807) is 30.3 Å². The van der Waals surface area contributed by atoms with E-state index in [4.69, 9.17) is 0 Å². The molecule has 3 aromatic rings. The van der Waals surface area contributed by atoms with Gasteiger partial charge < -0.3 is 5.32 Å². The van der Waals surface area contributed by atoms with Gasteiger partial charge in [-0.3, -0.25) is 24.2 Å². The van der Waals surface area contributed by atoms with Crippen molar-refractivity contribution in [2.45, 2.75) is 13.0 Å². The molecule has 1 amide bonds. The summed E-state index contributed by atoms with van der Waals surface area (Å²) >= 11 is 0. The number of anilines is 1. The fourth-order valence-electron chi connectivity index (χ4n) is 2.22. The van der Waals surface area contributed by atoms with Crippen LogP contribution < -0.4 is 16.6 Å². The molecule has 0 saturated carbocycles. The molecule has 3 N–H and O–H groups in total. The second-order valence-electron chi connectivity index (χ2n) is 4.70. The molecule has 8 nitrogen and oxygen atoms in total. The van der Waals surface area contributed by atoms with Gasteiger partial charge in [0.2, 0.25) is 5.91 Å². The van der Waals surface area contributed by atoms with Crippen molar-refractivity contribution in [3.05, 3.63) is 57.4 Å². The third kappa shape index (κ3) is 2.66. The molecule has 8 heteroatoms. The maximum Gasteiger partial charge on any atom is 0.328 e. The molecule has 0 radical (unpaired) electrons. The maximum atomic E-state index is 11.9. The third-order valence-electron chi connectivity index (χ3n) is 3.24. The van der Waals surface area contributed by atoms with Crippen LogP contribution in [-0.2, 0) is 11.3 Å². The highest BCUT2D eigenvalue weighted by atomic mass is 16.2. The first-order chi connectivity index (χ1) is 10.6. The second-order valence-corrected chi connectivity index (χ2v) is 4.70. The smallest absolute Gasteiger partial charge is 0.311 e. The molecular formula is C14H13N5O3. The molecule has 112 valence electrons. The zero-order valence-corrected chi connectivity index (χ0v) is 11.5. The summed E-state index contributed by atoms with van der Waals surface area (Å²) in [5.41, 5.74) is -0.456. The third-order valence-corrected chi connectivity index (χ3v) is 3.24. The minimum atomic E-state index is -0.530. The molecule has 0 saturated heterocycles. The van der Waals surface area contributed by atoms with Crippen LogP contribution in [-0.4, -0.2) is 25.7 Å². The Morgan fingerprint density at radius 2 is 2.05 bits per heavy atom. The molecule has 0 aliphatic carbocycles. The monoisotopic (exact) mass is 299 g/mol. The number of nitrogens with zero attached hydrogens (tertiary/aromatic N) is 2. The van der Waals surface area contributed by atoms with Crippen LogP contribution in [0.3, 0.4) is 0 Å². The van der Waals surface area contributed by atoms with Crippen molar-refractivity contribution in [3.63, 3.8) is 0 Å². The van der Waals surface area contributed by atoms with Gasteiger partial charge in [-0.1, -0.05) is 12.1 Å². The van der Waals surface area contributed by atoms with Gasteiger partial charge in [-0.15, -0.1) is 0 Å². The Labute approximate surface area is 123 Å².